The lowest BCUT2D eigenvalue weighted by Crippen LogP contribution is -2.33. The molecule has 0 aromatic rings. The second-order valence-electron chi connectivity index (χ2n) is 2.73. The lowest BCUT2D eigenvalue weighted by Gasteiger charge is -2.11. The van der Waals surface area contributed by atoms with Crippen molar-refractivity contribution in [3.63, 3.8) is 0 Å². The number of hydrogen-bond acceptors (Lipinski definition) is 3. The third-order valence-electron chi connectivity index (χ3n) is 1.42. The van der Waals surface area contributed by atoms with Gasteiger partial charge in [-0.2, -0.15) is 11.8 Å². The minimum Gasteiger partial charge on any atom is -0.212 e. The summed E-state index contributed by atoms with van der Waals surface area (Å²) >= 11 is 4.75. The predicted molar refractivity (Wildman–Crippen MR) is 62.9 cm³/mol. The molecular weight excluding hydrogens is 274 g/mol. The van der Waals surface area contributed by atoms with Gasteiger partial charge in [0.2, 0.25) is 10.0 Å². The molecule has 0 spiro atoms. The Balaban J connectivity index is 3.68. The summed E-state index contributed by atoms with van der Waals surface area (Å²) in [5, 5.41) is 0. The predicted octanol–water partition coefficient (Wildman–Crippen LogP) is 1.79. The van der Waals surface area contributed by atoms with Crippen LogP contribution in [0.15, 0.2) is 0 Å². The molecule has 0 fully saturated rings. The van der Waals surface area contributed by atoms with Gasteiger partial charge < -0.3 is 0 Å². The maximum atomic E-state index is 11.1. The molecule has 0 aromatic carbocycles. The molecule has 0 heterocycles. The molecule has 1 N–H and O–H groups in total. The SMILES string of the molecule is CCSCCC(C)NS(=O)(=O)CBr. The van der Waals surface area contributed by atoms with Gasteiger partial charge in [0.25, 0.3) is 0 Å². The van der Waals surface area contributed by atoms with Gasteiger partial charge in [-0.15, -0.1) is 0 Å². The van der Waals surface area contributed by atoms with E-state index in [1.54, 1.807) is 0 Å². The van der Waals surface area contributed by atoms with Gasteiger partial charge in [0, 0.05) is 6.04 Å². The second kappa shape index (κ2) is 7.09. The minimum absolute atomic E-state index is 0.0226. The van der Waals surface area contributed by atoms with E-state index in [9.17, 15) is 8.42 Å². The van der Waals surface area contributed by atoms with Crippen molar-refractivity contribution >= 4 is 37.7 Å². The molecule has 3 nitrogen and oxygen atoms in total. The molecule has 0 aromatic heterocycles. The van der Waals surface area contributed by atoms with Crippen LogP contribution in [0.3, 0.4) is 0 Å². The molecule has 1 atom stereocenters. The Kier molecular flexibility index (Phi) is 7.49. The Morgan fingerprint density at radius 2 is 2.15 bits per heavy atom. The van der Waals surface area contributed by atoms with Crippen molar-refractivity contribution in [2.45, 2.75) is 26.3 Å². The highest BCUT2D eigenvalue weighted by molar-refractivity contribution is 9.10. The van der Waals surface area contributed by atoms with Crippen LogP contribution in [0.4, 0.5) is 0 Å². The summed E-state index contributed by atoms with van der Waals surface area (Å²) in [6.45, 7) is 3.98. The first kappa shape index (κ1) is 13.7. The summed E-state index contributed by atoms with van der Waals surface area (Å²) in [5.41, 5.74) is 0. The van der Waals surface area contributed by atoms with Gasteiger partial charge in [0.05, 0.1) is 0 Å². The van der Waals surface area contributed by atoms with Crippen LogP contribution in [0.5, 0.6) is 0 Å². The third-order valence-corrected chi connectivity index (χ3v) is 5.21. The van der Waals surface area contributed by atoms with Crippen LogP contribution in [0.25, 0.3) is 0 Å². The Morgan fingerprint density at radius 3 is 2.62 bits per heavy atom. The van der Waals surface area contributed by atoms with Crippen molar-refractivity contribution in [3.05, 3.63) is 0 Å². The van der Waals surface area contributed by atoms with Gasteiger partial charge in [0.15, 0.2) is 0 Å². The summed E-state index contributed by atoms with van der Waals surface area (Å²) in [6, 6.07) is 0.0293. The summed E-state index contributed by atoms with van der Waals surface area (Å²) in [4.78, 5) is 0. The van der Waals surface area contributed by atoms with Crippen LogP contribution in [-0.2, 0) is 10.0 Å². The lowest BCUT2D eigenvalue weighted by atomic mass is 10.3. The highest BCUT2D eigenvalue weighted by atomic mass is 79.9. The van der Waals surface area contributed by atoms with Gasteiger partial charge >= 0.3 is 0 Å². The van der Waals surface area contributed by atoms with E-state index in [2.05, 4.69) is 27.6 Å². The number of nitrogens with one attached hydrogen (secondary N) is 1. The summed E-state index contributed by atoms with van der Waals surface area (Å²) in [5.74, 6) is 2.08. The largest absolute Gasteiger partial charge is 0.221 e. The molecule has 80 valence electrons. The Bertz CT molecular complexity index is 219. The number of alkyl halides is 1. The monoisotopic (exact) mass is 289 g/mol. The van der Waals surface area contributed by atoms with Crippen LogP contribution in [0.2, 0.25) is 0 Å². The zero-order chi connectivity index (χ0) is 10.3. The van der Waals surface area contributed by atoms with Crippen molar-refractivity contribution in [2.24, 2.45) is 0 Å². The molecule has 0 rings (SSSR count). The number of halogens is 1. The first-order valence-electron chi connectivity index (χ1n) is 4.15. The van der Waals surface area contributed by atoms with E-state index in [1.807, 2.05) is 18.7 Å². The molecule has 0 amide bonds. The Hall–Kier alpha value is 0.740. The molecule has 6 heteroatoms. The van der Waals surface area contributed by atoms with Crippen molar-refractivity contribution in [2.75, 3.05) is 16.2 Å². The van der Waals surface area contributed by atoms with Crippen LogP contribution in [0.1, 0.15) is 20.3 Å². The molecular formula is C7H16BrNO2S2. The molecule has 0 aliphatic heterocycles. The number of rotatable bonds is 7. The van der Waals surface area contributed by atoms with Crippen molar-refractivity contribution in [1.82, 2.24) is 4.72 Å². The zero-order valence-electron chi connectivity index (χ0n) is 7.92. The van der Waals surface area contributed by atoms with Crippen molar-refractivity contribution < 1.29 is 8.42 Å². The van der Waals surface area contributed by atoms with Crippen LogP contribution in [-0.4, -0.2) is 30.6 Å². The number of sulfonamides is 1. The van der Waals surface area contributed by atoms with Gasteiger partial charge in [-0.05, 0) is 24.9 Å². The maximum absolute atomic E-state index is 11.1. The quantitative estimate of drug-likeness (QED) is 0.574. The molecule has 0 saturated heterocycles. The van der Waals surface area contributed by atoms with Crippen molar-refractivity contribution in [1.29, 1.82) is 0 Å². The van der Waals surface area contributed by atoms with E-state index in [0.29, 0.717) is 0 Å². The van der Waals surface area contributed by atoms with Gasteiger partial charge in [0.1, 0.15) is 4.66 Å². The second-order valence-corrected chi connectivity index (χ2v) is 7.18. The molecule has 0 radical (unpaired) electrons. The van der Waals surface area contributed by atoms with Crippen LogP contribution >= 0.6 is 27.7 Å². The van der Waals surface area contributed by atoms with E-state index < -0.39 is 10.0 Å². The van der Waals surface area contributed by atoms with E-state index in [4.69, 9.17) is 0 Å². The summed E-state index contributed by atoms with van der Waals surface area (Å²) < 4.78 is 24.7. The molecule has 0 saturated carbocycles. The first-order valence-corrected chi connectivity index (χ1v) is 8.08. The fourth-order valence-electron chi connectivity index (χ4n) is 0.801. The minimum atomic E-state index is -3.10. The molecule has 0 aliphatic carbocycles. The topological polar surface area (TPSA) is 46.2 Å². The fraction of sp³-hybridized carbons (Fsp3) is 1.00. The van der Waals surface area contributed by atoms with Crippen molar-refractivity contribution in [3.8, 4) is 0 Å². The summed E-state index contributed by atoms with van der Waals surface area (Å²) in [6.07, 6.45) is 0.880. The molecule has 13 heavy (non-hydrogen) atoms. The van der Waals surface area contributed by atoms with E-state index >= 15 is 0 Å². The van der Waals surface area contributed by atoms with Crippen LogP contribution in [0, 0.1) is 0 Å². The average Bonchev–Trinajstić information content (AvgIpc) is 2.04. The van der Waals surface area contributed by atoms with E-state index in [-0.39, 0.29) is 10.7 Å². The lowest BCUT2D eigenvalue weighted by molar-refractivity contribution is 0.562. The average molecular weight is 290 g/mol. The fourth-order valence-corrected chi connectivity index (χ4v) is 2.80. The number of thioether (sulfide) groups is 1. The maximum Gasteiger partial charge on any atom is 0.221 e. The molecule has 0 aliphatic rings. The first-order chi connectivity index (χ1) is 6.02. The normalized spacial score (nSPS) is 14.4. The van der Waals surface area contributed by atoms with E-state index in [0.717, 1.165) is 17.9 Å². The van der Waals surface area contributed by atoms with E-state index in [1.165, 1.54) is 0 Å². The standard InChI is InChI=1S/C7H16BrNO2S2/c1-3-12-5-4-7(2)9-13(10,11)6-8/h7,9H,3-6H2,1-2H3. The third kappa shape index (κ3) is 7.78. The Morgan fingerprint density at radius 1 is 1.54 bits per heavy atom. The summed E-state index contributed by atoms with van der Waals surface area (Å²) in [7, 11) is -3.10. The number of hydrogen-bond donors (Lipinski definition) is 1. The highest BCUT2D eigenvalue weighted by Gasteiger charge is 2.11. The molecule has 0 bridgehead atoms. The smallest absolute Gasteiger partial charge is 0.212 e. The Labute approximate surface area is 93.2 Å². The zero-order valence-corrected chi connectivity index (χ0v) is 11.1. The van der Waals surface area contributed by atoms with Crippen LogP contribution < -0.4 is 4.72 Å². The van der Waals surface area contributed by atoms with Gasteiger partial charge in [-0.3, -0.25) is 0 Å². The highest BCUT2D eigenvalue weighted by Crippen LogP contribution is 2.05. The van der Waals surface area contributed by atoms with Gasteiger partial charge in [-0.25, -0.2) is 13.1 Å². The van der Waals surface area contributed by atoms with Gasteiger partial charge in [-0.1, -0.05) is 22.9 Å². The molecule has 1 unspecified atom stereocenters.